The van der Waals surface area contributed by atoms with Crippen molar-refractivity contribution in [3.8, 4) is 0 Å². The number of aldehydes is 1. The highest BCUT2D eigenvalue weighted by Gasteiger charge is 2.38. The van der Waals surface area contributed by atoms with Crippen LogP contribution in [0.5, 0.6) is 0 Å². The van der Waals surface area contributed by atoms with Gasteiger partial charge in [-0.05, 0) is 31.3 Å². The summed E-state index contributed by atoms with van der Waals surface area (Å²) in [6, 6.07) is 5.89. The quantitative estimate of drug-likeness (QED) is 0.329. The smallest absolute Gasteiger partial charge is 0.280 e. The van der Waals surface area contributed by atoms with Crippen molar-refractivity contribution in [2.75, 3.05) is 26.7 Å². The van der Waals surface area contributed by atoms with Gasteiger partial charge in [-0.1, -0.05) is 11.6 Å². The van der Waals surface area contributed by atoms with Crippen LogP contribution in [0.25, 0.3) is 10.9 Å². The van der Waals surface area contributed by atoms with E-state index in [1.165, 1.54) is 16.2 Å². The largest absolute Gasteiger partial charge is 0.351 e. The van der Waals surface area contributed by atoms with Crippen LogP contribution in [0.2, 0.25) is 5.02 Å². The number of likely N-dealkylation sites (N-methyl/N-ethyl adjacent to an activating group) is 1. The molecule has 3 amide bonds. The molecule has 1 aromatic carbocycles. The minimum Gasteiger partial charge on any atom is -0.351 e. The van der Waals surface area contributed by atoms with Crippen LogP contribution in [0.1, 0.15) is 37.3 Å². The number of aromatic nitrogens is 2. The third-order valence-corrected chi connectivity index (χ3v) is 7.82. The SMILES string of the molecule is CN1CCc2nc(C(=O)N[C@@H]3CN(C(=O)CC=O)C[C@H]3NC(=O)c3cc4cc(Cl)ccc4[nH]3)sc2C1. The molecule has 0 aliphatic carbocycles. The number of hydrogen-bond donors (Lipinski definition) is 3. The molecule has 0 unspecified atom stereocenters. The van der Waals surface area contributed by atoms with E-state index in [4.69, 9.17) is 11.6 Å². The zero-order chi connectivity index (χ0) is 25.4. The van der Waals surface area contributed by atoms with Crippen LogP contribution in [0, 0.1) is 0 Å². The second-order valence-electron chi connectivity index (χ2n) is 9.12. The Hall–Kier alpha value is -3.28. The van der Waals surface area contributed by atoms with Gasteiger partial charge in [0, 0.05) is 53.4 Å². The highest BCUT2D eigenvalue weighted by atomic mass is 35.5. The molecule has 1 fully saturated rings. The maximum absolute atomic E-state index is 13.1. The zero-order valence-electron chi connectivity index (χ0n) is 19.5. The number of rotatable bonds is 6. The summed E-state index contributed by atoms with van der Waals surface area (Å²) in [5, 5.41) is 7.61. The molecule has 188 valence electrons. The number of carbonyl (C=O) groups is 4. The first kappa shape index (κ1) is 24.4. The van der Waals surface area contributed by atoms with Crippen molar-refractivity contribution in [1.82, 2.24) is 30.4 Å². The fourth-order valence-electron chi connectivity index (χ4n) is 4.62. The molecular weight excluding hydrogens is 504 g/mol. The molecule has 2 aromatic heterocycles. The first-order chi connectivity index (χ1) is 17.3. The summed E-state index contributed by atoms with van der Waals surface area (Å²) < 4.78 is 0. The number of H-pyrrole nitrogens is 1. The molecule has 2 aliphatic heterocycles. The Bertz CT molecular complexity index is 1350. The molecule has 3 aromatic rings. The third-order valence-electron chi connectivity index (χ3n) is 6.51. The summed E-state index contributed by atoms with van der Waals surface area (Å²) >= 11 is 7.42. The van der Waals surface area contributed by atoms with Gasteiger partial charge in [0.15, 0.2) is 5.01 Å². The van der Waals surface area contributed by atoms with Gasteiger partial charge in [0.05, 0.1) is 24.2 Å². The van der Waals surface area contributed by atoms with Crippen molar-refractivity contribution < 1.29 is 19.2 Å². The van der Waals surface area contributed by atoms with E-state index in [1.807, 2.05) is 7.05 Å². The van der Waals surface area contributed by atoms with Gasteiger partial charge < -0.3 is 30.2 Å². The number of hydrogen-bond acceptors (Lipinski definition) is 7. The van der Waals surface area contributed by atoms with Gasteiger partial charge in [-0.3, -0.25) is 14.4 Å². The summed E-state index contributed by atoms with van der Waals surface area (Å²) in [5.41, 5.74) is 2.05. The number of carbonyl (C=O) groups excluding carboxylic acids is 4. The van der Waals surface area contributed by atoms with Crippen molar-refractivity contribution in [3.63, 3.8) is 0 Å². The van der Waals surface area contributed by atoms with Gasteiger partial charge >= 0.3 is 0 Å². The van der Waals surface area contributed by atoms with Crippen LogP contribution < -0.4 is 10.6 Å². The first-order valence-electron chi connectivity index (χ1n) is 11.6. The van der Waals surface area contributed by atoms with Crippen molar-refractivity contribution in [1.29, 1.82) is 0 Å². The molecule has 12 heteroatoms. The number of nitrogens with zero attached hydrogens (tertiary/aromatic N) is 3. The van der Waals surface area contributed by atoms with E-state index >= 15 is 0 Å². The van der Waals surface area contributed by atoms with Crippen LogP contribution in [0.15, 0.2) is 24.3 Å². The summed E-state index contributed by atoms with van der Waals surface area (Å²) in [5.74, 6) is -1.07. The Kier molecular flexibility index (Phi) is 6.78. The molecule has 2 aliphatic rings. The number of thiazole rings is 1. The number of benzene rings is 1. The topological polar surface area (TPSA) is 128 Å². The predicted molar refractivity (Wildman–Crippen MR) is 135 cm³/mol. The van der Waals surface area contributed by atoms with E-state index in [9.17, 15) is 19.2 Å². The van der Waals surface area contributed by atoms with Crippen LogP contribution in [0.3, 0.4) is 0 Å². The van der Waals surface area contributed by atoms with Crippen LogP contribution in [0.4, 0.5) is 0 Å². The van der Waals surface area contributed by atoms with Crippen molar-refractivity contribution in [3.05, 3.63) is 50.6 Å². The fraction of sp³-hybridized carbons (Fsp3) is 0.375. The zero-order valence-corrected chi connectivity index (χ0v) is 21.1. The Morgan fingerprint density at radius 1 is 1.19 bits per heavy atom. The molecule has 0 radical (unpaired) electrons. The molecule has 0 bridgehead atoms. The molecule has 3 N–H and O–H groups in total. The van der Waals surface area contributed by atoms with Crippen molar-refractivity contribution >= 4 is 57.8 Å². The molecule has 36 heavy (non-hydrogen) atoms. The van der Waals surface area contributed by atoms with E-state index in [2.05, 4.69) is 25.5 Å². The number of fused-ring (bicyclic) bond motifs is 2. The highest BCUT2D eigenvalue weighted by Crippen LogP contribution is 2.25. The van der Waals surface area contributed by atoms with Crippen LogP contribution >= 0.6 is 22.9 Å². The molecule has 5 rings (SSSR count). The van der Waals surface area contributed by atoms with E-state index < -0.39 is 12.1 Å². The van der Waals surface area contributed by atoms with Gasteiger partial charge in [0.2, 0.25) is 5.91 Å². The minimum atomic E-state index is -0.548. The highest BCUT2D eigenvalue weighted by molar-refractivity contribution is 7.13. The Balaban J connectivity index is 1.33. The molecule has 4 heterocycles. The van der Waals surface area contributed by atoms with E-state index in [1.54, 1.807) is 24.3 Å². The monoisotopic (exact) mass is 528 g/mol. The Morgan fingerprint density at radius 3 is 2.69 bits per heavy atom. The molecule has 0 spiro atoms. The standard InChI is InChI=1S/C24H25ClN6O4S/c1-30-6-4-16-20(12-30)36-24(29-16)23(35)28-19-11-31(21(33)5-7-32)10-18(19)27-22(34)17-9-13-8-14(25)2-3-15(13)26-17/h2-3,7-9,18-19,26H,4-6,10-12H2,1H3,(H,27,34)(H,28,35)/t18-,19-/m1/s1. The van der Waals surface area contributed by atoms with Gasteiger partial charge in [-0.2, -0.15) is 0 Å². The van der Waals surface area contributed by atoms with Crippen molar-refractivity contribution in [2.24, 2.45) is 0 Å². The molecule has 0 saturated carbocycles. The normalized spacial score (nSPS) is 19.8. The number of aromatic amines is 1. The predicted octanol–water partition coefficient (Wildman–Crippen LogP) is 1.59. The lowest BCUT2D eigenvalue weighted by Crippen LogP contribution is -2.51. The average molecular weight is 529 g/mol. The van der Waals surface area contributed by atoms with Crippen LogP contribution in [-0.4, -0.2) is 82.5 Å². The van der Waals surface area contributed by atoms with Crippen LogP contribution in [-0.2, 0) is 22.6 Å². The molecule has 10 nitrogen and oxygen atoms in total. The van der Waals surface area contributed by atoms with E-state index in [-0.39, 0.29) is 37.2 Å². The number of nitrogens with one attached hydrogen (secondary N) is 3. The fourth-order valence-corrected chi connectivity index (χ4v) is 5.89. The van der Waals surface area contributed by atoms with E-state index in [0.717, 1.165) is 41.0 Å². The minimum absolute atomic E-state index is 0.175. The van der Waals surface area contributed by atoms with Crippen molar-refractivity contribution in [2.45, 2.75) is 31.5 Å². The van der Waals surface area contributed by atoms with Gasteiger partial charge in [-0.15, -0.1) is 11.3 Å². The average Bonchev–Trinajstić information content (AvgIpc) is 3.55. The first-order valence-corrected chi connectivity index (χ1v) is 12.8. The summed E-state index contributed by atoms with van der Waals surface area (Å²) in [6.45, 7) is 2.00. The second kappa shape index (κ2) is 10.00. The summed E-state index contributed by atoms with van der Waals surface area (Å²) in [7, 11) is 2.03. The van der Waals surface area contributed by atoms with Gasteiger partial charge in [0.1, 0.15) is 12.0 Å². The van der Waals surface area contributed by atoms with Gasteiger partial charge in [0.25, 0.3) is 11.8 Å². The Morgan fingerprint density at radius 2 is 1.94 bits per heavy atom. The molecule has 1 saturated heterocycles. The maximum Gasteiger partial charge on any atom is 0.280 e. The lowest BCUT2D eigenvalue weighted by molar-refractivity contribution is -0.132. The number of halogens is 1. The number of amides is 3. The molecule has 2 atom stereocenters. The molecular formula is C24H25ClN6O4S. The van der Waals surface area contributed by atoms with E-state index in [0.29, 0.717) is 22.0 Å². The third kappa shape index (κ3) is 4.99. The lowest BCUT2D eigenvalue weighted by atomic mass is 10.1. The summed E-state index contributed by atoms with van der Waals surface area (Å²) in [6.07, 6.45) is 1.09. The summed E-state index contributed by atoms with van der Waals surface area (Å²) in [4.78, 5) is 61.8. The Labute approximate surface area is 216 Å². The lowest BCUT2D eigenvalue weighted by Gasteiger charge is -2.20. The van der Waals surface area contributed by atoms with Gasteiger partial charge in [-0.25, -0.2) is 4.98 Å². The maximum atomic E-state index is 13.1. The number of likely N-dealkylation sites (tertiary alicyclic amines) is 1. The second-order valence-corrected chi connectivity index (χ2v) is 10.6.